The quantitative estimate of drug-likeness (QED) is 0.282. The maximum atomic E-state index is 14.3. The third-order valence-electron chi connectivity index (χ3n) is 4.86. The van der Waals surface area contributed by atoms with Crippen molar-refractivity contribution in [3.05, 3.63) is 34.9 Å². The summed E-state index contributed by atoms with van der Waals surface area (Å²) in [6.07, 6.45) is -10.3. The van der Waals surface area contributed by atoms with Crippen LogP contribution in [-0.4, -0.2) is 48.8 Å². The molecule has 0 saturated heterocycles. The summed E-state index contributed by atoms with van der Waals surface area (Å²) in [5.74, 6) is -46.8. The molecule has 0 saturated carbocycles. The molecule has 0 aromatic heterocycles. The van der Waals surface area contributed by atoms with Crippen molar-refractivity contribution >= 4 is 11.6 Å². The summed E-state index contributed by atoms with van der Waals surface area (Å²) < 4.78 is 204. The molecule has 0 heterocycles. The number of alkyl halides is 15. The minimum absolute atomic E-state index is 0.0432. The fraction of sp³-hybridized carbons (Fsp3) is 0.647. The Morgan fingerprint density at radius 2 is 0.971 bits per heavy atom. The van der Waals surface area contributed by atoms with Gasteiger partial charge in [0.2, 0.25) is 0 Å². The molecular weight excluding hydrogens is 541 g/mol. The Morgan fingerprint density at radius 1 is 0.618 bits per heavy atom. The second-order valence-electron chi connectivity index (χ2n) is 7.19. The van der Waals surface area contributed by atoms with Gasteiger partial charge in [0, 0.05) is 12.1 Å². The van der Waals surface area contributed by atoms with E-state index in [-0.39, 0.29) is 5.02 Å². The topological polar surface area (TPSA) is 9.23 Å². The third-order valence-corrected chi connectivity index (χ3v) is 5.11. The molecule has 17 heteroatoms. The zero-order valence-electron chi connectivity index (χ0n) is 16.5. The van der Waals surface area contributed by atoms with Crippen LogP contribution in [0.2, 0.25) is 5.02 Å². The summed E-state index contributed by atoms with van der Waals surface area (Å²) in [7, 11) is 0.577. The minimum atomic E-state index is -8.32. The first-order chi connectivity index (χ1) is 14.8. The van der Waals surface area contributed by atoms with Gasteiger partial charge >= 0.3 is 41.7 Å². The summed E-state index contributed by atoms with van der Waals surface area (Å²) in [5.41, 5.74) is -3.21. The first-order valence-corrected chi connectivity index (χ1v) is 8.79. The molecule has 0 aliphatic carbocycles. The lowest BCUT2D eigenvalue weighted by molar-refractivity contribution is -0.453. The van der Waals surface area contributed by atoms with Gasteiger partial charge in [0.15, 0.2) is 0 Å². The Hall–Kier alpha value is -1.58. The lowest BCUT2D eigenvalue weighted by Gasteiger charge is -2.43. The Bertz CT molecular complexity index is 863. The van der Waals surface area contributed by atoms with Crippen LogP contribution in [0, 0.1) is 0 Å². The van der Waals surface area contributed by atoms with Gasteiger partial charge in [-0.25, -0.2) is 0 Å². The fourth-order valence-corrected chi connectivity index (χ4v) is 2.75. The SMILES string of the molecule is COC(C)(CC(F)(F)C(F)(F)C(F)(F)C(F)(F)C(F)(F)C(F)(F)C(F)(F)F)c1ccc(Cl)cc1. The Morgan fingerprint density at radius 3 is 1.32 bits per heavy atom. The largest absolute Gasteiger partial charge is 0.460 e. The van der Waals surface area contributed by atoms with Crippen molar-refractivity contribution in [3.8, 4) is 0 Å². The summed E-state index contributed by atoms with van der Waals surface area (Å²) >= 11 is 5.53. The van der Waals surface area contributed by atoms with Crippen molar-refractivity contribution in [3.63, 3.8) is 0 Å². The van der Waals surface area contributed by atoms with Crippen molar-refractivity contribution in [2.24, 2.45) is 0 Å². The van der Waals surface area contributed by atoms with Crippen LogP contribution in [0.4, 0.5) is 65.9 Å². The molecular formula is C17H12ClF15O. The van der Waals surface area contributed by atoms with Crippen LogP contribution in [0.3, 0.4) is 0 Å². The van der Waals surface area contributed by atoms with E-state index in [0.717, 1.165) is 24.3 Å². The molecule has 1 aromatic carbocycles. The maximum absolute atomic E-state index is 14.3. The first kappa shape index (κ1) is 30.5. The number of benzene rings is 1. The van der Waals surface area contributed by atoms with Gasteiger partial charge in [-0.3, -0.25) is 0 Å². The van der Waals surface area contributed by atoms with Crippen LogP contribution in [0.25, 0.3) is 0 Å². The van der Waals surface area contributed by atoms with Crippen LogP contribution in [-0.2, 0) is 10.3 Å². The van der Waals surface area contributed by atoms with Crippen LogP contribution in [0.1, 0.15) is 18.9 Å². The average Bonchev–Trinajstić information content (AvgIpc) is 2.66. The van der Waals surface area contributed by atoms with Gasteiger partial charge < -0.3 is 4.74 Å². The van der Waals surface area contributed by atoms with Crippen LogP contribution in [0.5, 0.6) is 0 Å². The average molecular weight is 553 g/mol. The molecule has 1 unspecified atom stereocenters. The van der Waals surface area contributed by atoms with Gasteiger partial charge in [0.1, 0.15) is 0 Å². The lowest BCUT2D eigenvalue weighted by atomic mass is 9.83. The van der Waals surface area contributed by atoms with E-state index in [1.54, 1.807) is 0 Å². The molecule has 34 heavy (non-hydrogen) atoms. The molecule has 0 bridgehead atoms. The molecule has 1 nitrogen and oxygen atoms in total. The summed E-state index contributed by atoms with van der Waals surface area (Å²) in [6.45, 7) is 0.558. The Kier molecular flexibility index (Phi) is 7.63. The zero-order chi connectivity index (χ0) is 27.4. The van der Waals surface area contributed by atoms with Crippen molar-refractivity contribution in [1.82, 2.24) is 0 Å². The fourth-order valence-electron chi connectivity index (χ4n) is 2.63. The first-order valence-electron chi connectivity index (χ1n) is 8.41. The number of hydrogen-bond acceptors (Lipinski definition) is 1. The third kappa shape index (κ3) is 4.39. The molecule has 1 atom stereocenters. The molecule has 0 amide bonds. The normalized spacial score (nSPS) is 17.0. The number of rotatable bonds is 9. The van der Waals surface area contributed by atoms with Crippen LogP contribution < -0.4 is 0 Å². The monoisotopic (exact) mass is 552 g/mol. The number of ether oxygens (including phenoxy) is 1. The van der Waals surface area contributed by atoms with Gasteiger partial charge in [-0.15, -0.1) is 0 Å². The second-order valence-corrected chi connectivity index (χ2v) is 7.63. The molecule has 1 aromatic rings. The van der Waals surface area contributed by atoms with E-state index in [1.165, 1.54) is 0 Å². The van der Waals surface area contributed by atoms with E-state index in [2.05, 4.69) is 4.74 Å². The van der Waals surface area contributed by atoms with Crippen molar-refractivity contribution in [2.75, 3.05) is 7.11 Å². The Labute approximate surface area is 185 Å². The molecule has 1 rings (SSSR count). The van der Waals surface area contributed by atoms with Crippen molar-refractivity contribution < 1.29 is 70.6 Å². The van der Waals surface area contributed by atoms with E-state index in [9.17, 15) is 65.9 Å². The highest BCUT2D eigenvalue weighted by Gasteiger charge is 2.93. The molecule has 0 radical (unpaired) electrons. The molecule has 0 aliphatic rings. The number of methoxy groups -OCH3 is 1. The highest BCUT2D eigenvalue weighted by atomic mass is 35.5. The van der Waals surface area contributed by atoms with Gasteiger partial charge in [-0.05, 0) is 24.6 Å². The highest BCUT2D eigenvalue weighted by Crippen LogP contribution is 2.63. The summed E-state index contributed by atoms with van der Waals surface area (Å²) in [5, 5.41) is -0.0432. The van der Waals surface area contributed by atoms with E-state index >= 15 is 0 Å². The zero-order valence-corrected chi connectivity index (χ0v) is 17.2. The molecule has 0 spiro atoms. The van der Waals surface area contributed by atoms with Gasteiger partial charge in [-0.2, -0.15) is 65.9 Å². The number of halogens is 16. The van der Waals surface area contributed by atoms with Crippen LogP contribution in [0.15, 0.2) is 24.3 Å². The predicted octanol–water partition coefficient (Wildman–Crippen LogP) is 7.97. The smallest absolute Gasteiger partial charge is 0.374 e. The van der Waals surface area contributed by atoms with Crippen LogP contribution >= 0.6 is 11.6 Å². The predicted molar refractivity (Wildman–Crippen MR) is 86.2 cm³/mol. The molecule has 0 fully saturated rings. The standard InChI is InChI=1S/C17H12ClF15O/c1-10(34-2,8-3-5-9(18)6-4-8)7-11(19,20)12(21,22)13(23,24)14(25,26)15(27,28)16(29,30)17(31,32)33/h3-6H,7H2,1-2H3. The molecule has 0 N–H and O–H groups in total. The van der Waals surface area contributed by atoms with Crippen molar-refractivity contribution in [1.29, 1.82) is 0 Å². The van der Waals surface area contributed by atoms with E-state index in [4.69, 9.17) is 11.6 Å². The van der Waals surface area contributed by atoms with Gasteiger partial charge in [0.25, 0.3) is 0 Å². The number of hydrogen-bond donors (Lipinski definition) is 0. The maximum Gasteiger partial charge on any atom is 0.460 e. The summed E-state index contributed by atoms with van der Waals surface area (Å²) in [6, 6.07) is 3.66. The molecule has 198 valence electrons. The van der Waals surface area contributed by atoms with E-state index in [0.29, 0.717) is 14.0 Å². The lowest BCUT2D eigenvalue weighted by Crippen LogP contribution is -2.72. The summed E-state index contributed by atoms with van der Waals surface area (Å²) in [4.78, 5) is 0. The highest BCUT2D eigenvalue weighted by molar-refractivity contribution is 6.30. The van der Waals surface area contributed by atoms with Gasteiger partial charge in [0.05, 0.1) is 12.0 Å². The minimum Gasteiger partial charge on any atom is -0.374 e. The van der Waals surface area contributed by atoms with E-state index < -0.39 is 59.3 Å². The van der Waals surface area contributed by atoms with Crippen molar-refractivity contribution in [2.45, 2.75) is 60.7 Å². The second kappa shape index (κ2) is 8.52. The van der Waals surface area contributed by atoms with E-state index in [1.807, 2.05) is 0 Å². The molecule has 0 aliphatic heterocycles. The Balaban J connectivity index is 3.58. The van der Waals surface area contributed by atoms with Gasteiger partial charge in [-0.1, -0.05) is 23.7 Å².